The smallest absolute Gasteiger partial charge is 0.0791 e. The highest BCUT2D eigenvalue weighted by Gasteiger charge is 2.36. The lowest BCUT2D eigenvalue weighted by Crippen LogP contribution is -2.44. The molecule has 1 aliphatic carbocycles. The molecule has 100 valence electrons. The summed E-state index contributed by atoms with van der Waals surface area (Å²) in [7, 11) is 0. The summed E-state index contributed by atoms with van der Waals surface area (Å²) in [6.07, 6.45) is 4.03. The van der Waals surface area contributed by atoms with Crippen LogP contribution < -0.4 is 5.32 Å². The second kappa shape index (κ2) is 5.25. The average Bonchev–Trinajstić information content (AvgIpc) is 2.73. The number of likely N-dealkylation sites (tertiary alicyclic amines) is 1. The molecule has 3 atom stereocenters. The van der Waals surface area contributed by atoms with Crippen molar-refractivity contribution < 1.29 is 5.11 Å². The standard InChI is InChI=1S/C14H28N2O/c1-14(2,3)15-7-13(17)10-16-8-11-5-4-6-12(11)9-16/h11-13,15,17H,4-10H2,1-3H3. The van der Waals surface area contributed by atoms with Gasteiger partial charge in [-0.1, -0.05) is 6.42 Å². The molecule has 0 radical (unpaired) electrons. The monoisotopic (exact) mass is 240 g/mol. The van der Waals surface area contributed by atoms with E-state index in [1.54, 1.807) is 0 Å². The van der Waals surface area contributed by atoms with Crippen LogP contribution in [-0.2, 0) is 0 Å². The molecule has 3 nitrogen and oxygen atoms in total. The van der Waals surface area contributed by atoms with E-state index in [1.165, 1.54) is 32.4 Å². The fourth-order valence-electron chi connectivity index (χ4n) is 3.27. The van der Waals surface area contributed by atoms with Gasteiger partial charge < -0.3 is 15.3 Å². The fourth-order valence-corrected chi connectivity index (χ4v) is 3.27. The van der Waals surface area contributed by atoms with E-state index < -0.39 is 0 Å². The molecule has 0 aromatic carbocycles. The highest BCUT2D eigenvalue weighted by molar-refractivity contribution is 4.89. The second-order valence-electron chi connectivity index (χ2n) is 6.95. The van der Waals surface area contributed by atoms with Gasteiger partial charge in [0.15, 0.2) is 0 Å². The van der Waals surface area contributed by atoms with Crippen molar-refractivity contribution in [1.29, 1.82) is 0 Å². The van der Waals surface area contributed by atoms with Crippen LogP contribution in [-0.4, -0.2) is 47.8 Å². The van der Waals surface area contributed by atoms with Gasteiger partial charge in [-0.25, -0.2) is 0 Å². The van der Waals surface area contributed by atoms with Crippen molar-refractivity contribution in [1.82, 2.24) is 10.2 Å². The van der Waals surface area contributed by atoms with Crippen LogP contribution in [0.3, 0.4) is 0 Å². The summed E-state index contributed by atoms with van der Waals surface area (Å²) in [5.41, 5.74) is 0.0997. The van der Waals surface area contributed by atoms with Gasteiger partial charge in [-0.05, 0) is 45.4 Å². The van der Waals surface area contributed by atoms with Crippen molar-refractivity contribution in [2.45, 2.75) is 51.7 Å². The number of rotatable bonds is 4. The number of nitrogens with zero attached hydrogens (tertiary/aromatic N) is 1. The van der Waals surface area contributed by atoms with Crippen LogP contribution in [0.4, 0.5) is 0 Å². The molecule has 0 spiro atoms. The second-order valence-corrected chi connectivity index (χ2v) is 6.95. The Morgan fingerprint density at radius 2 is 1.82 bits per heavy atom. The van der Waals surface area contributed by atoms with Crippen molar-refractivity contribution in [3.8, 4) is 0 Å². The molecule has 3 unspecified atom stereocenters. The minimum absolute atomic E-state index is 0.0997. The molecule has 0 bridgehead atoms. The molecule has 2 rings (SSSR count). The van der Waals surface area contributed by atoms with Crippen molar-refractivity contribution in [3.05, 3.63) is 0 Å². The van der Waals surface area contributed by atoms with Crippen LogP contribution in [0, 0.1) is 11.8 Å². The number of hydrogen-bond donors (Lipinski definition) is 2. The SMILES string of the molecule is CC(C)(C)NCC(O)CN1CC2CCCC2C1. The van der Waals surface area contributed by atoms with Gasteiger partial charge in [0.1, 0.15) is 0 Å². The van der Waals surface area contributed by atoms with Crippen LogP contribution in [0.15, 0.2) is 0 Å². The lowest BCUT2D eigenvalue weighted by Gasteiger charge is -2.25. The van der Waals surface area contributed by atoms with Gasteiger partial charge in [0.05, 0.1) is 6.10 Å². The van der Waals surface area contributed by atoms with Crippen molar-refractivity contribution >= 4 is 0 Å². The normalized spacial score (nSPS) is 31.8. The predicted octanol–water partition coefficient (Wildman–Crippen LogP) is 1.47. The molecular weight excluding hydrogens is 212 g/mol. The Labute approximate surface area is 106 Å². The minimum atomic E-state index is -0.229. The maximum atomic E-state index is 10.0. The summed E-state index contributed by atoms with van der Waals surface area (Å²) in [5.74, 6) is 1.86. The summed E-state index contributed by atoms with van der Waals surface area (Å²) < 4.78 is 0. The summed E-state index contributed by atoms with van der Waals surface area (Å²) in [4.78, 5) is 2.46. The van der Waals surface area contributed by atoms with Crippen LogP contribution in [0.1, 0.15) is 40.0 Å². The van der Waals surface area contributed by atoms with Gasteiger partial charge in [0, 0.05) is 31.7 Å². The third kappa shape index (κ3) is 3.94. The van der Waals surface area contributed by atoms with E-state index in [0.717, 1.165) is 18.4 Å². The first kappa shape index (κ1) is 13.3. The Hall–Kier alpha value is -0.120. The third-order valence-electron chi connectivity index (χ3n) is 4.14. The molecule has 17 heavy (non-hydrogen) atoms. The van der Waals surface area contributed by atoms with E-state index in [9.17, 15) is 5.11 Å². The van der Waals surface area contributed by atoms with Gasteiger partial charge in [-0.2, -0.15) is 0 Å². The van der Waals surface area contributed by atoms with Gasteiger partial charge in [-0.15, -0.1) is 0 Å². The zero-order chi connectivity index (χ0) is 12.5. The molecule has 3 heteroatoms. The Kier molecular flexibility index (Phi) is 4.11. The van der Waals surface area contributed by atoms with Gasteiger partial charge in [0.25, 0.3) is 0 Å². The van der Waals surface area contributed by atoms with Crippen LogP contribution in [0.2, 0.25) is 0 Å². The number of hydrogen-bond acceptors (Lipinski definition) is 3. The molecule has 2 N–H and O–H groups in total. The maximum Gasteiger partial charge on any atom is 0.0791 e. The Bertz CT molecular complexity index is 237. The first-order valence-corrected chi connectivity index (χ1v) is 7.09. The lowest BCUT2D eigenvalue weighted by molar-refractivity contribution is 0.113. The Balaban J connectivity index is 1.67. The molecule has 1 saturated heterocycles. The lowest BCUT2D eigenvalue weighted by atomic mass is 10.0. The first-order valence-electron chi connectivity index (χ1n) is 7.09. The summed E-state index contributed by atoms with van der Waals surface area (Å²) in [6.45, 7) is 10.4. The molecule has 2 fully saturated rings. The maximum absolute atomic E-state index is 10.0. The highest BCUT2D eigenvalue weighted by atomic mass is 16.3. The highest BCUT2D eigenvalue weighted by Crippen LogP contribution is 2.37. The summed E-state index contributed by atoms with van der Waals surface area (Å²) in [6, 6.07) is 0. The number of nitrogens with one attached hydrogen (secondary N) is 1. The van der Waals surface area contributed by atoms with Gasteiger partial charge >= 0.3 is 0 Å². The Morgan fingerprint density at radius 3 is 2.35 bits per heavy atom. The molecule has 1 heterocycles. The van der Waals surface area contributed by atoms with Gasteiger partial charge in [-0.3, -0.25) is 0 Å². The van der Waals surface area contributed by atoms with Crippen LogP contribution in [0.25, 0.3) is 0 Å². The van der Waals surface area contributed by atoms with E-state index >= 15 is 0 Å². The number of β-amino-alcohol motifs (C(OH)–C–C–N with tert-alkyl or cyclic N) is 1. The van der Waals surface area contributed by atoms with Crippen molar-refractivity contribution in [2.24, 2.45) is 11.8 Å². The molecule has 1 aliphatic heterocycles. The fraction of sp³-hybridized carbons (Fsp3) is 1.00. The molecular formula is C14H28N2O. The molecule has 0 aromatic rings. The molecule has 1 saturated carbocycles. The van der Waals surface area contributed by atoms with E-state index in [1.807, 2.05) is 0 Å². The molecule has 0 aromatic heterocycles. The largest absolute Gasteiger partial charge is 0.390 e. The van der Waals surface area contributed by atoms with E-state index in [2.05, 4.69) is 31.0 Å². The zero-order valence-electron chi connectivity index (χ0n) is 11.6. The Morgan fingerprint density at radius 1 is 1.24 bits per heavy atom. The van der Waals surface area contributed by atoms with Crippen molar-refractivity contribution in [3.63, 3.8) is 0 Å². The van der Waals surface area contributed by atoms with E-state index in [-0.39, 0.29) is 11.6 Å². The number of fused-ring (bicyclic) bond motifs is 1. The van der Waals surface area contributed by atoms with Gasteiger partial charge in [0.2, 0.25) is 0 Å². The summed E-state index contributed by atoms with van der Waals surface area (Å²) in [5, 5.41) is 13.4. The van der Waals surface area contributed by atoms with E-state index in [4.69, 9.17) is 0 Å². The average molecular weight is 240 g/mol. The summed E-state index contributed by atoms with van der Waals surface area (Å²) >= 11 is 0. The predicted molar refractivity (Wildman–Crippen MR) is 71.0 cm³/mol. The first-order chi connectivity index (χ1) is 7.94. The minimum Gasteiger partial charge on any atom is -0.390 e. The van der Waals surface area contributed by atoms with Crippen molar-refractivity contribution in [2.75, 3.05) is 26.2 Å². The number of aliphatic hydroxyl groups excluding tert-OH is 1. The van der Waals surface area contributed by atoms with E-state index in [0.29, 0.717) is 6.54 Å². The third-order valence-corrected chi connectivity index (χ3v) is 4.14. The molecule has 0 amide bonds. The van der Waals surface area contributed by atoms with Crippen LogP contribution >= 0.6 is 0 Å². The van der Waals surface area contributed by atoms with Crippen LogP contribution in [0.5, 0.6) is 0 Å². The topological polar surface area (TPSA) is 35.5 Å². The quantitative estimate of drug-likeness (QED) is 0.781. The zero-order valence-corrected chi connectivity index (χ0v) is 11.6. The number of aliphatic hydroxyl groups is 1. The molecule has 2 aliphatic rings.